The number of likely N-dealkylation sites (tertiary alicyclic amines) is 1. The van der Waals surface area contributed by atoms with Crippen LogP contribution in [0.2, 0.25) is 0 Å². The molecule has 0 radical (unpaired) electrons. The Kier molecular flexibility index (Phi) is 3.46. The van der Waals surface area contributed by atoms with Gasteiger partial charge in [0.15, 0.2) is 6.61 Å². The largest absolute Gasteiger partial charge is 0.466 e. The van der Waals surface area contributed by atoms with E-state index in [0.717, 1.165) is 12.8 Å². The van der Waals surface area contributed by atoms with E-state index in [1.165, 1.54) is 0 Å². The van der Waals surface area contributed by atoms with Gasteiger partial charge in [-0.3, -0.25) is 0 Å². The minimum atomic E-state index is -0.289. The van der Waals surface area contributed by atoms with E-state index in [1.54, 1.807) is 23.3 Å². The normalized spacial score (nSPS) is 17.4. The van der Waals surface area contributed by atoms with E-state index in [2.05, 4.69) is 0 Å². The number of carbonyl (C=O) groups is 1. The Labute approximate surface area is 94.1 Å². The van der Waals surface area contributed by atoms with Gasteiger partial charge in [0.25, 0.3) is 0 Å². The Balaban J connectivity index is 1.75. The van der Waals surface area contributed by atoms with Gasteiger partial charge >= 0.3 is 6.09 Å². The first-order valence-electron chi connectivity index (χ1n) is 5.45. The number of piperidine rings is 1. The summed E-state index contributed by atoms with van der Waals surface area (Å²) in [5.74, 6) is 0.655. The van der Waals surface area contributed by atoms with Crippen LogP contribution in [-0.2, 0) is 11.3 Å². The molecule has 1 aliphatic rings. The van der Waals surface area contributed by atoms with Gasteiger partial charge in [0, 0.05) is 19.1 Å². The van der Waals surface area contributed by atoms with E-state index in [4.69, 9.17) is 14.9 Å². The molecule has 0 atom stereocenters. The molecule has 0 spiro atoms. The second-order valence-corrected chi connectivity index (χ2v) is 3.96. The first kappa shape index (κ1) is 11.0. The summed E-state index contributed by atoms with van der Waals surface area (Å²) in [6.45, 7) is 1.55. The van der Waals surface area contributed by atoms with Crippen LogP contribution in [0.5, 0.6) is 0 Å². The number of ether oxygens (including phenoxy) is 1. The lowest BCUT2D eigenvalue weighted by Crippen LogP contribution is -2.43. The van der Waals surface area contributed by atoms with Crippen molar-refractivity contribution in [3.63, 3.8) is 0 Å². The summed E-state index contributed by atoms with van der Waals surface area (Å²) in [4.78, 5) is 13.3. The molecule has 88 valence electrons. The number of carbonyl (C=O) groups excluding carboxylic acids is 1. The Morgan fingerprint density at radius 3 is 2.94 bits per heavy atom. The molecule has 5 nitrogen and oxygen atoms in total. The molecule has 16 heavy (non-hydrogen) atoms. The third kappa shape index (κ3) is 2.76. The smallest absolute Gasteiger partial charge is 0.410 e. The Bertz CT molecular complexity index is 329. The van der Waals surface area contributed by atoms with Gasteiger partial charge in [-0.15, -0.1) is 0 Å². The Morgan fingerprint density at radius 2 is 2.31 bits per heavy atom. The molecule has 1 aromatic rings. The molecule has 0 aliphatic carbocycles. The number of furan rings is 1. The van der Waals surface area contributed by atoms with Crippen molar-refractivity contribution >= 4 is 6.09 Å². The van der Waals surface area contributed by atoms with Crippen LogP contribution in [-0.4, -0.2) is 30.1 Å². The molecule has 0 saturated carbocycles. The van der Waals surface area contributed by atoms with Gasteiger partial charge in [0.2, 0.25) is 0 Å². The van der Waals surface area contributed by atoms with E-state index in [0.29, 0.717) is 18.8 Å². The molecule has 1 amide bonds. The molecule has 5 heteroatoms. The standard InChI is InChI=1S/C11H16N2O3/c12-9-3-5-13(6-4-9)11(14)16-8-10-2-1-7-15-10/h1-2,7,9H,3-6,8,12H2. The Morgan fingerprint density at radius 1 is 1.56 bits per heavy atom. The van der Waals surface area contributed by atoms with Crippen molar-refractivity contribution in [3.8, 4) is 0 Å². The number of nitrogens with zero attached hydrogens (tertiary/aromatic N) is 1. The highest BCUT2D eigenvalue weighted by Crippen LogP contribution is 2.10. The van der Waals surface area contributed by atoms with Gasteiger partial charge < -0.3 is 19.8 Å². The molecule has 2 heterocycles. The number of rotatable bonds is 2. The average Bonchev–Trinajstić information content (AvgIpc) is 2.80. The fourth-order valence-electron chi connectivity index (χ4n) is 1.70. The molecule has 0 aromatic carbocycles. The van der Waals surface area contributed by atoms with Crippen molar-refractivity contribution in [2.45, 2.75) is 25.5 Å². The highest BCUT2D eigenvalue weighted by molar-refractivity contribution is 5.67. The lowest BCUT2D eigenvalue weighted by molar-refractivity contribution is 0.0817. The van der Waals surface area contributed by atoms with E-state index >= 15 is 0 Å². The molecular formula is C11H16N2O3. The predicted molar refractivity (Wildman–Crippen MR) is 57.7 cm³/mol. The van der Waals surface area contributed by atoms with E-state index in [9.17, 15) is 4.79 Å². The summed E-state index contributed by atoms with van der Waals surface area (Å²) in [5.41, 5.74) is 5.75. The highest BCUT2D eigenvalue weighted by Gasteiger charge is 2.21. The number of hydrogen-bond donors (Lipinski definition) is 1. The predicted octanol–water partition coefficient (Wildman–Crippen LogP) is 1.34. The van der Waals surface area contributed by atoms with Crippen LogP contribution in [0.4, 0.5) is 4.79 Å². The van der Waals surface area contributed by atoms with Crippen LogP contribution in [0.1, 0.15) is 18.6 Å². The Hall–Kier alpha value is -1.49. The summed E-state index contributed by atoms with van der Waals surface area (Å²) < 4.78 is 10.2. The molecule has 1 aliphatic heterocycles. The molecule has 2 N–H and O–H groups in total. The monoisotopic (exact) mass is 224 g/mol. The lowest BCUT2D eigenvalue weighted by atomic mass is 10.1. The zero-order chi connectivity index (χ0) is 11.4. The SMILES string of the molecule is NC1CCN(C(=O)OCc2ccco2)CC1. The zero-order valence-electron chi connectivity index (χ0n) is 9.09. The van der Waals surface area contributed by atoms with Gasteiger partial charge in [-0.1, -0.05) is 0 Å². The maximum atomic E-state index is 11.6. The van der Waals surface area contributed by atoms with Crippen LogP contribution in [0.3, 0.4) is 0 Å². The maximum absolute atomic E-state index is 11.6. The number of hydrogen-bond acceptors (Lipinski definition) is 4. The molecule has 0 bridgehead atoms. The van der Waals surface area contributed by atoms with Gasteiger partial charge in [0.1, 0.15) is 5.76 Å². The average molecular weight is 224 g/mol. The summed E-state index contributed by atoms with van der Waals surface area (Å²) >= 11 is 0. The van der Waals surface area contributed by atoms with Crippen LogP contribution >= 0.6 is 0 Å². The molecule has 1 fully saturated rings. The topological polar surface area (TPSA) is 68.7 Å². The molecular weight excluding hydrogens is 208 g/mol. The van der Waals surface area contributed by atoms with Gasteiger partial charge in [-0.05, 0) is 25.0 Å². The molecule has 1 saturated heterocycles. The minimum Gasteiger partial charge on any atom is -0.466 e. The highest BCUT2D eigenvalue weighted by atomic mass is 16.6. The fourth-order valence-corrected chi connectivity index (χ4v) is 1.70. The van der Waals surface area contributed by atoms with Crippen molar-refractivity contribution in [1.82, 2.24) is 4.90 Å². The summed E-state index contributed by atoms with van der Waals surface area (Å²) in [7, 11) is 0. The number of nitrogens with two attached hydrogens (primary N) is 1. The van der Waals surface area contributed by atoms with Crippen LogP contribution in [0.25, 0.3) is 0 Å². The van der Waals surface area contributed by atoms with E-state index in [-0.39, 0.29) is 18.7 Å². The molecule has 0 unspecified atom stereocenters. The van der Waals surface area contributed by atoms with Crippen LogP contribution in [0.15, 0.2) is 22.8 Å². The lowest BCUT2D eigenvalue weighted by Gasteiger charge is -2.29. The third-order valence-electron chi connectivity index (χ3n) is 2.72. The first-order chi connectivity index (χ1) is 7.75. The van der Waals surface area contributed by atoms with E-state index < -0.39 is 0 Å². The van der Waals surface area contributed by atoms with Crippen molar-refractivity contribution in [2.24, 2.45) is 5.73 Å². The summed E-state index contributed by atoms with van der Waals surface area (Å²) in [6.07, 6.45) is 2.96. The van der Waals surface area contributed by atoms with Crippen molar-refractivity contribution < 1.29 is 13.9 Å². The van der Waals surface area contributed by atoms with Gasteiger partial charge in [-0.2, -0.15) is 0 Å². The minimum absolute atomic E-state index is 0.189. The van der Waals surface area contributed by atoms with E-state index in [1.807, 2.05) is 0 Å². The quantitative estimate of drug-likeness (QED) is 0.823. The second-order valence-electron chi connectivity index (χ2n) is 3.96. The molecule has 2 rings (SSSR count). The van der Waals surface area contributed by atoms with Crippen LogP contribution < -0.4 is 5.73 Å². The fraction of sp³-hybridized carbons (Fsp3) is 0.545. The summed E-state index contributed by atoms with van der Waals surface area (Å²) in [6, 6.07) is 3.76. The van der Waals surface area contributed by atoms with Crippen molar-refractivity contribution in [2.75, 3.05) is 13.1 Å². The summed E-state index contributed by atoms with van der Waals surface area (Å²) in [5, 5.41) is 0. The first-order valence-corrected chi connectivity index (χ1v) is 5.45. The molecule has 1 aromatic heterocycles. The van der Waals surface area contributed by atoms with Gasteiger partial charge in [0.05, 0.1) is 6.26 Å². The number of amides is 1. The second kappa shape index (κ2) is 5.03. The van der Waals surface area contributed by atoms with Crippen molar-refractivity contribution in [1.29, 1.82) is 0 Å². The van der Waals surface area contributed by atoms with Crippen LogP contribution in [0, 0.1) is 0 Å². The zero-order valence-corrected chi connectivity index (χ0v) is 9.09. The maximum Gasteiger partial charge on any atom is 0.410 e. The third-order valence-corrected chi connectivity index (χ3v) is 2.72. The van der Waals surface area contributed by atoms with Gasteiger partial charge in [-0.25, -0.2) is 4.79 Å². The van der Waals surface area contributed by atoms with Crippen molar-refractivity contribution in [3.05, 3.63) is 24.2 Å².